The van der Waals surface area contributed by atoms with E-state index in [9.17, 15) is 4.79 Å². The van der Waals surface area contributed by atoms with E-state index in [0.29, 0.717) is 23.7 Å². The van der Waals surface area contributed by atoms with Crippen molar-refractivity contribution in [1.29, 1.82) is 0 Å². The van der Waals surface area contributed by atoms with Crippen LogP contribution in [0, 0.1) is 0 Å². The first-order chi connectivity index (χ1) is 8.90. The fraction of sp³-hybridized carbons (Fsp3) is 0.462. The van der Waals surface area contributed by atoms with E-state index in [1.807, 2.05) is 25.1 Å². The van der Waals surface area contributed by atoms with E-state index in [-0.39, 0.29) is 6.03 Å². The van der Waals surface area contributed by atoms with Crippen molar-refractivity contribution in [1.82, 2.24) is 5.32 Å². The summed E-state index contributed by atoms with van der Waals surface area (Å²) in [5, 5.41) is 15.0. The summed E-state index contributed by atoms with van der Waals surface area (Å²) in [6, 6.07) is 5.02. The van der Waals surface area contributed by atoms with Crippen molar-refractivity contribution in [3.05, 3.63) is 23.2 Å². The number of rotatable bonds is 5. The molecule has 1 unspecified atom stereocenters. The molecule has 6 heteroatoms. The number of nitrogens with zero attached hydrogens (tertiary/aromatic N) is 1. The van der Waals surface area contributed by atoms with E-state index >= 15 is 0 Å². The third-order valence-corrected chi connectivity index (χ3v) is 2.84. The molecule has 0 aromatic heterocycles. The largest absolute Gasteiger partial charge is 0.393 e. The maximum atomic E-state index is 11.6. The van der Waals surface area contributed by atoms with Gasteiger partial charge in [0.1, 0.15) is 0 Å². The summed E-state index contributed by atoms with van der Waals surface area (Å²) in [6.45, 7) is 2.10. The lowest BCUT2D eigenvalue weighted by molar-refractivity contribution is 0.184. The van der Waals surface area contributed by atoms with Gasteiger partial charge in [0, 0.05) is 26.3 Å². The topological polar surface area (TPSA) is 64.6 Å². The molecule has 1 rings (SSSR count). The van der Waals surface area contributed by atoms with Gasteiger partial charge in [-0.25, -0.2) is 4.79 Å². The molecule has 0 radical (unpaired) electrons. The Morgan fingerprint density at radius 1 is 1.47 bits per heavy atom. The van der Waals surface area contributed by atoms with Crippen molar-refractivity contribution in [2.45, 2.75) is 19.4 Å². The fourth-order valence-corrected chi connectivity index (χ4v) is 1.87. The number of aliphatic hydroxyl groups excluding tert-OH is 1. The second-order valence-corrected chi connectivity index (χ2v) is 4.99. The summed E-state index contributed by atoms with van der Waals surface area (Å²) < 4.78 is 0. The first-order valence-electron chi connectivity index (χ1n) is 6.10. The molecule has 0 heterocycles. The van der Waals surface area contributed by atoms with Crippen LogP contribution in [0.2, 0.25) is 5.02 Å². The second kappa shape index (κ2) is 7.21. The zero-order valence-corrected chi connectivity index (χ0v) is 12.2. The molecule has 0 aliphatic heterocycles. The van der Waals surface area contributed by atoms with Crippen LogP contribution in [0.1, 0.15) is 13.3 Å². The Balaban J connectivity index is 2.53. The molecule has 0 bridgehead atoms. The summed E-state index contributed by atoms with van der Waals surface area (Å²) in [4.78, 5) is 13.5. The van der Waals surface area contributed by atoms with E-state index in [0.717, 1.165) is 5.69 Å². The highest BCUT2D eigenvalue weighted by atomic mass is 35.5. The monoisotopic (exact) mass is 285 g/mol. The molecule has 2 amide bonds. The van der Waals surface area contributed by atoms with Crippen LogP contribution in [-0.4, -0.2) is 37.9 Å². The molecule has 0 spiro atoms. The lowest BCUT2D eigenvalue weighted by Crippen LogP contribution is -2.30. The third-order valence-electron chi connectivity index (χ3n) is 2.54. The van der Waals surface area contributed by atoms with Crippen LogP contribution < -0.4 is 15.5 Å². The number of urea groups is 1. The predicted molar refractivity (Wildman–Crippen MR) is 79.1 cm³/mol. The first-order valence-corrected chi connectivity index (χ1v) is 6.47. The third kappa shape index (κ3) is 5.36. The van der Waals surface area contributed by atoms with Gasteiger partial charge in [-0.1, -0.05) is 11.6 Å². The van der Waals surface area contributed by atoms with Crippen molar-refractivity contribution in [3.63, 3.8) is 0 Å². The summed E-state index contributed by atoms with van der Waals surface area (Å²) in [5.74, 6) is 0. The molecule has 0 aliphatic rings. The Hall–Kier alpha value is -1.46. The van der Waals surface area contributed by atoms with Gasteiger partial charge in [-0.3, -0.25) is 0 Å². The van der Waals surface area contributed by atoms with Crippen molar-refractivity contribution in [3.8, 4) is 0 Å². The molecule has 0 aliphatic carbocycles. The van der Waals surface area contributed by atoms with Crippen LogP contribution >= 0.6 is 11.6 Å². The van der Waals surface area contributed by atoms with E-state index in [1.165, 1.54) is 0 Å². The van der Waals surface area contributed by atoms with Crippen molar-refractivity contribution in [2.75, 3.05) is 30.9 Å². The highest BCUT2D eigenvalue weighted by Gasteiger charge is 2.06. The minimum Gasteiger partial charge on any atom is -0.393 e. The maximum Gasteiger partial charge on any atom is 0.319 e. The fourth-order valence-electron chi connectivity index (χ4n) is 1.52. The van der Waals surface area contributed by atoms with Gasteiger partial charge in [-0.2, -0.15) is 0 Å². The van der Waals surface area contributed by atoms with Gasteiger partial charge in [0.25, 0.3) is 0 Å². The van der Waals surface area contributed by atoms with E-state index in [2.05, 4.69) is 10.6 Å². The SMILES string of the molecule is CC(O)CCNC(=O)Nc1ccc(N(C)C)c(Cl)c1. The number of hydrogen-bond donors (Lipinski definition) is 3. The standard InChI is InChI=1S/C13H20ClN3O2/c1-9(18)6-7-15-13(19)16-10-4-5-12(17(2)3)11(14)8-10/h4-5,8-9,18H,6-7H2,1-3H3,(H2,15,16,19). The van der Waals surface area contributed by atoms with Crippen LogP contribution in [-0.2, 0) is 0 Å². The number of benzene rings is 1. The molecule has 1 atom stereocenters. The number of carbonyl (C=O) groups excluding carboxylic acids is 1. The molecule has 0 saturated heterocycles. The van der Waals surface area contributed by atoms with Gasteiger partial charge in [-0.05, 0) is 31.5 Å². The summed E-state index contributed by atoms with van der Waals surface area (Å²) >= 11 is 6.11. The number of aliphatic hydroxyl groups is 1. The van der Waals surface area contributed by atoms with Crippen molar-refractivity contribution >= 4 is 29.0 Å². The molecular formula is C13H20ClN3O2. The average Bonchev–Trinajstić information content (AvgIpc) is 2.27. The van der Waals surface area contributed by atoms with Gasteiger partial charge >= 0.3 is 6.03 Å². The number of anilines is 2. The number of halogens is 1. The van der Waals surface area contributed by atoms with Crippen molar-refractivity contribution < 1.29 is 9.90 Å². The van der Waals surface area contributed by atoms with Crippen LogP contribution in [0.5, 0.6) is 0 Å². The molecule has 1 aromatic rings. The molecule has 1 aromatic carbocycles. The zero-order valence-electron chi connectivity index (χ0n) is 11.4. The van der Waals surface area contributed by atoms with Crippen LogP contribution in [0.3, 0.4) is 0 Å². The van der Waals surface area contributed by atoms with Crippen LogP contribution in [0.15, 0.2) is 18.2 Å². The molecule has 0 fully saturated rings. The summed E-state index contributed by atoms with van der Waals surface area (Å²) in [6.07, 6.45) is 0.0995. The number of hydrogen-bond acceptors (Lipinski definition) is 3. The molecule has 0 saturated carbocycles. The summed E-state index contributed by atoms with van der Waals surface area (Å²) in [7, 11) is 3.80. The Bertz CT molecular complexity index is 436. The lowest BCUT2D eigenvalue weighted by Gasteiger charge is -2.15. The lowest BCUT2D eigenvalue weighted by atomic mass is 10.2. The molecule has 19 heavy (non-hydrogen) atoms. The zero-order chi connectivity index (χ0) is 14.4. The number of nitrogens with one attached hydrogen (secondary N) is 2. The minimum atomic E-state index is -0.422. The highest BCUT2D eigenvalue weighted by molar-refractivity contribution is 6.33. The molecule has 3 N–H and O–H groups in total. The van der Waals surface area contributed by atoms with Gasteiger partial charge in [0.15, 0.2) is 0 Å². The van der Waals surface area contributed by atoms with E-state index in [4.69, 9.17) is 16.7 Å². The summed E-state index contributed by atoms with van der Waals surface area (Å²) in [5.41, 5.74) is 1.52. The molecule has 5 nitrogen and oxygen atoms in total. The normalized spacial score (nSPS) is 11.8. The second-order valence-electron chi connectivity index (χ2n) is 4.58. The van der Waals surface area contributed by atoms with Gasteiger partial charge in [0.05, 0.1) is 16.8 Å². The van der Waals surface area contributed by atoms with E-state index in [1.54, 1.807) is 19.1 Å². The minimum absolute atomic E-state index is 0.311. The van der Waals surface area contributed by atoms with Crippen LogP contribution in [0.4, 0.5) is 16.2 Å². The van der Waals surface area contributed by atoms with E-state index < -0.39 is 6.10 Å². The van der Waals surface area contributed by atoms with Crippen LogP contribution in [0.25, 0.3) is 0 Å². The van der Waals surface area contributed by atoms with Crippen molar-refractivity contribution in [2.24, 2.45) is 0 Å². The van der Waals surface area contributed by atoms with Gasteiger partial charge in [0.2, 0.25) is 0 Å². The number of amides is 2. The predicted octanol–water partition coefficient (Wildman–Crippen LogP) is 2.30. The highest BCUT2D eigenvalue weighted by Crippen LogP contribution is 2.27. The first kappa shape index (κ1) is 15.6. The average molecular weight is 286 g/mol. The Kier molecular flexibility index (Phi) is 5.92. The smallest absolute Gasteiger partial charge is 0.319 e. The Morgan fingerprint density at radius 3 is 2.68 bits per heavy atom. The maximum absolute atomic E-state index is 11.6. The van der Waals surface area contributed by atoms with Gasteiger partial charge < -0.3 is 20.6 Å². The quantitative estimate of drug-likeness (QED) is 0.778. The Morgan fingerprint density at radius 2 is 2.16 bits per heavy atom. The van der Waals surface area contributed by atoms with Gasteiger partial charge in [-0.15, -0.1) is 0 Å². The molecule has 106 valence electrons. The Labute approximate surface area is 118 Å². The number of carbonyl (C=O) groups is 1. The molecular weight excluding hydrogens is 266 g/mol.